The van der Waals surface area contributed by atoms with Gasteiger partial charge in [-0.1, -0.05) is 89.0 Å². The Morgan fingerprint density at radius 1 is 0.966 bits per heavy atom. The third kappa shape index (κ3) is 5.72. The molecular formula is C25H32Br2N2. The van der Waals surface area contributed by atoms with Crippen molar-refractivity contribution in [1.29, 1.82) is 5.26 Å². The van der Waals surface area contributed by atoms with Gasteiger partial charge in [0.05, 0.1) is 11.5 Å². The van der Waals surface area contributed by atoms with E-state index in [9.17, 15) is 5.26 Å². The number of benzene rings is 2. The molecule has 0 heterocycles. The van der Waals surface area contributed by atoms with Crippen molar-refractivity contribution in [3.8, 4) is 6.07 Å². The van der Waals surface area contributed by atoms with Crippen molar-refractivity contribution < 1.29 is 0 Å². The van der Waals surface area contributed by atoms with Gasteiger partial charge in [-0.15, -0.1) is 0 Å². The van der Waals surface area contributed by atoms with E-state index in [0.29, 0.717) is 6.04 Å². The van der Waals surface area contributed by atoms with Crippen molar-refractivity contribution in [2.24, 2.45) is 5.92 Å². The van der Waals surface area contributed by atoms with Crippen LogP contribution in [0.4, 0.5) is 0 Å². The van der Waals surface area contributed by atoms with E-state index in [1.807, 2.05) is 18.2 Å². The van der Waals surface area contributed by atoms with Crippen LogP contribution in [0.2, 0.25) is 0 Å². The predicted molar refractivity (Wildman–Crippen MR) is 130 cm³/mol. The summed E-state index contributed by atoms with van der Waals surface area (Å²) in [6, 6.07) is 19.9. The third-order valence-electron chi connectivity index (χ3n) is 5.95. The summed E-state index contributed by atoms with van der Waals surface area (Å²) in [5, 5.41) is 10.3. The van der Waals surface area contributed by atoms with Crippen molar-refractivity contribution in [3.05, 3.63) is 68.6 Å². The molecule has 0 spiro atoms. The van der Waals surface area contributed by atoms with Crippen LogP contribution in [-0.2, 0) is 5.41 Å². The molecule has 156 valence electrons. The smallest absolute Gasteiger partial charge is 0.0867 e. The molecular weight excluding hydrogens is 488 g/mol. The van der Waals surface area contributed by atoms with Crippen molar-refractivity contribution in [2.45, 2.75) is 58.4 Å². The van der Waals surface area contributed by atoms with E-state index in [2.05, 4.69) is 101 Å². The summed E-state index contributed by atoms with van der Waals surface area (Å²) in [5.74, 6) is 0.216. The summed E-state index contributed by atoms with van der Waals surface area (Å²) >= 11 is 7.40. The van der Waals surface area contributed by atoms with E-state index in [1.165, 1.54) is 5.56 Å². The average Bonchev–Trinajstić information content (AvgIpc) is 2.71. The van der Waals surface area contributed by atoms with Gasteiger partial charge in [-0.2, -0.15) is 5.26 Å². The Balaban J connectivity index is 2.21. The summed E-state index contributed by atoms with van der Waals surface area (Å²) in [6.07, 6.45) is 2.95. The number of halogens is 2. The van der Waals surface area contributed by atoms with Gasteiger partial charge in [0.1, 0.15) is 0 Å². The maximum absolute atomic E-state index is 10.3. The summed E-state index contributed by atoms with van der Waals surface area (Å²) < 4.78 is 2.01. The van der Waals surface area contributed by atoms with Crippen molar-refractivity contribution in [2.75, 3.05) is 13.1 Å². The number of rotatable bonds is 10. The van der Waals surface area contributed by atoms with Crippen LogP contribution in [0.1, 0.15) is 64.1 Å². The van der Waals surface area contributed by atoms with Crippen LogP contribution in [0.25, 0.3) is 0 Å². The Morgan fingerprint density at radius 2 is 1.59 bits per heavy atom. The van der Waals surface area contributed by atoms with E-state index in [4.69, 9.17) is 0 Å². The number of hydrogen-bond acceptors (Lipinski definition) is 2. The molecule has 0 saturated heterocycles. The minimum absolute atomic E-state index is 0.216. The van der Waals surface area contributed by atoms with Gasteiger partial charge in [0.15, 0.2) is 0 Å². The zero-order valence-corrected chi connectivity index (χ0v) is 21.1. The van der Waals surface area contributed by atoms with Gasteiger partial charge in [-0.3, -0.25) is 4.90 Å². The van der Waals surface area contributed by atoms with E-state index in [1.54, 1.807) is 0 Å². The average molecular weight is 520 g/mol. The zero-order valence-electron chi connectivity index (χ0n) is 18.0. The number of nitrogens with zero attached hydrogens (tertiary/aromatic N) is 2. The van der Waals surface area contributed by atoms with E-state index in [0.717, 1.165) is 46.9 Å². The van der Waals surface area contributed by atoms with Crippen molar-refractivity contribution in [1.82, 2.24) is 4.90 Å². The standard InChI is InChI=1S/C25H32Br2N2/c1-5-16-29(20(4)21-11-7-6-8-12-21)17-10-15-25(18-28,19(2)3)24-22(26)13-9-14-23(24)27/h6-9,11-14,19-20H,5,10,15-17H2,1-4H3. The van der Waals surface area contributed by atoms with Gasteiger partial charge in [-0.05, 0) is 62.9 Å². The van der Waals surface area contributed by atoms with Crippen LogP contribution in [0.3, 0.4) is 0 Å². The van der Waals surface area contributed by atoms with Crippen molar-refractivity contribution >= 4 is 31.9 Å². The molecule has 2 aromatic carbocycles. The molecule has 2 unspecified atom stereocenters. The minimum atomic E-state index is -0.521. The van der Waals surface area contributed by atoms with Gasteiger partial charge in [0.25, 0.3) is 0 Å². The molecule has 2 rings (SSSR count). The molecule has 2 nitrogen and oxygen atoms in total. The summed E-state index contributed by atoms with van der Waals surface area (Å²) in [4.78, 5) is 2.55. The first kappa shape index (κ1) is 24.1. The van der Waals surface area contributed by atoms with Gasteiger partial charge in [-0.25, -0.2) is 0 Å². The molecule has 4 heteroatoms. The lowest BCUT2D eigenvalue weighted by molar-refractivity contribution is 0.198. The Bertz CT molecular complexity index is 793. The molecule has 0 fully saturated rings. The Hall–Kier alpha value is -1.15. The quantitative estimate of drug-likeness (QED) is 0.319. The lowest BCUT2D eigenvalue weighted by Gasteiger charge is -2.35. The predicted octanol–water partition coefficient (Wildman–Crippen LogP) is 7.88. The van der Waals surface area contributed by atoms with E-state index < -0.39 is 5.41 Å². The zero-order chi connectivity index (χ0) is 21.4. The maximum Gasteiger partial charge on any atom is 0.0867 e. The fourth-order valence-electron chi connectivity index (χ4n) is 4.16. The summed E-state index contributed by atoms with van der Waals surface area (Å²) in [5.41, 5.74) is 1.91. The highest BCUT2D eigenvalue weighted by molar-refractivity contribution is 9.11. The monoisotopic (exact) mass is 518 g/mol. The highest BCUT2D eigenvalue weighted by atomic mass is 79.9. The topological polar surface area (TPSA) is 27.0 Å². The lowest BCUT2D eigenvalue weighted by Crippen LogP contribution is -2.34. The molecule has 0 bridgehead atoms. The molecule has 29 heavy (non-hydrogen) atoms. The summed E-state index contributed by atoms with van der Waals surface area (Å²) in [7, 11) is 0. The van der Waals surface area contributed by atoms with Gasteiger partial charge < -0.3 is 0 Å². The second-order valence-corrected chi connectivity index (χ2v) is 9.77. The first-order chi connectivity index (χ1) is 13.9. The molecule has 0 amide bonds. The second-order valence-electron chi connectivity index (χ2n) is 8.06. The molecule has 0 radical (unpaired) electrons. The minimum Gasteiger partial charge on any atom is -0.297 e. The van der Waals surface area contributed by atoms with Gasteiger partial charge in [0, 0.05) is 20.6 Å². The second kappa shape index (κ2) is 11.3. The fourth-order valence-corrected chi connectivity index (χ4v) is 5.86. The molecule has 0 aliphatic heterocycles. The SMILES string of the molecule is CCCN(CCCC(C#N)(c1c(Br)cccc1Br)C(C)C)C(C)c1ccccc1. The van der Waals surface area contributed by atoms with Crippen LogP contribution >= 0.6 is 31.9 Å². The van der Waals surface area contributed by atoms with Crippen LogP contribution in [0.5, 0.6) is 0 Å². The van der Waals surface area contributed by atoms with Crippen molar-refractivity contribution in [3.63, 3.8) is 0 Å². The largest absolute Gasteiger partial charge is 0.297 e. The molecule has 0 aliphatic rings. The Morgan fingerprint density at radius 3 is 2.10 bits per heavy atom. The Labute approximate surface area is 193 Å². The van der Waals surface area contributed by atoms with Crippen LogP contribution in [-0.4, -0.2) is 18.0 Å². The molecule has 0 aliphatic carbocycles. The van der Waals surface area contributed by atoms with Crippen LogP contribution < -0.4 is 0 Å². The molecule has 0 N–H and O–H groups in total. The maximum atomic E-state index is 10.3. The number of hydrogen-bond donors (Lipinski definition) is 0. The highest BCUT2D eigenvalue weighted by Crippen LogP contribution is 2.44. The first-order valence-corrected chi connectivity index (χ1v) is 12.1. The lowest BCUT2D eigenvalue weighted by atomic mass is 9.70. The van der Waals surface area contributed by atoms with E-state index in [-0.39, 0.29) is 5.92 Å². The normalized spacial score (nSPS) is 14.6. The third-order valence-corrected chi connectivity index (χ3v) is 7.27. The van der Waals surface area contributed by atoms with E-state index >= 15 is 0 Å². The molecule has 0 saturated carbocycles. The molecule has 0 aromatic heterocycles. The molecule has 2 atom stereocenters. The highest BCUT2D eigenvalue weighted by Gasteiger charge is 2.38. The first-order valence-electron chi connectivity index (χ1n) is 10.5. The van der Waals surface area contributed by atoms with Gasteiger partial charge >= 0.3 is 0 Å². The van der Waals surface area contributed by atoms with Gasteiger partial charge in [0.2, 0.25) is 0 Å². The number of nitriles is 1. The summed E-state index contributed by atoms with van der Waals surface area (Å²) in [6.45, 7) is 10.9. The van der Waals surface area contributed by atoms with Crippen LogP contribution in [0, 0.1) is 17.2 Å². The molecule has 2 aromatic rings. The fraction of sp³-hybridized carbons (Fsp3) is 0.480. The van der Waals surface area contributed by atoms with Crippen LogP contribution in [0.15, 0.2) is 57.5 Å². The Kier molecular flexibility index (Phi) is 9.40.